The summed E-state index contributed by atoms with van der Waals surface area (Å²) in [4.78, 5) is 5.84. The number of rotatable bonds is 12. The van der Waals surface area contributed by atoms with Crippen LogP contribution in [-0.4, -0.2) is 4.98 Å². The van der Waals surface area contributed by atoms with Gasteiger partial charge in [-0.15, -0.1) is 22.7 Å². The van der Waals surface area contributed by atoms with E-state index in [0.29, 0.717) is 0 Å². The van der Waals surface area contributed by atoms with Gasteiger partial charge in [-0.05, 0) is 29.9 Å². The Hall–Kier alpha value is -0.670. The molecule has 0 amide bonds. The van der Waals surface area contributed by atoms with Gasteiger partial charge in [-0.1, -0.05) is 64.7 Å². The highest BCUT2D eigenvalue weighted by atomic mass is 32.1. The Morgan fingerprint density at radius 2 is 1.50 bits per heavy atom. The molecule has 0 N–H and O–H groups in total. The molecule has 0 bridgehead atoms. The first-order chi connectivity index (χ1) is 10.9. The number of aryl methyl sites for hydroxylation is 1. The Bertz CT molecular complexity index is 487. The van der Waals surface area contributed by atoms with Crippen LogP contribution in [0.15, 0.2) is 23.0 Å². The van der Waals surface area contributed by atoms with Gasteiger partial charge >= 0.3 is 0 Å². The lowest BCUT2D eigenvalue weighted by atomic mass is 10.0. The average molecular weight is 336 g/mol. The largest absolute Gasteiger partial charge is 0.244 e. The molecule has 0 spiro atoms. The summed E-state index contributed by atoms with van der Waals surface area (Å²) < 4.78 is 0. The lowest BCUT2D eigenvalue weighted by Gasteiger charge is -2.03. The van der Waals surface area contributed by atoms with Crippen molar-refractivity contribution < 1.29 is 0 Å². The van der Waals surface area contributed by atoms with Crippen LogP contribution in [0.2, 0.25) is 0 Å². The number of hydrogen-bond donors (Lipinski definition) is 0. The molecule has 0 atom stereocenters. The first-order valence-electron chi connectivity index (χ1n) is 8.88. The summed E-state index contributed by atoms with van der Waals surface area (Å²) in [6, 6.07) is 2.29. The number of hydrogen-bond acceptors (Lipinski definition) is 3. The molecule has 0 radical (unpaired) electrons. The smallest absolute Gasteiger partial charge is 0.133 e. The lowest BCUT2D eigenvalue weighted by Crippen LogP contribution is -1.87. The van der Waals surface area contributed by atoms with Gasteiger partial charge in [-0.2, -0.15) is 0 Å². The SMILES string of the molecule is CCCCCCCCCCCCc1ccsc1-c1nccs1. The first-order valence-corrected chi connectivity index (χ1v) is 10.6. The van der Waals surface area contributed by atoms with Crippen molar-refractivity contribution in [2.75, 3.05) is 0 Å². The summed E-state index contributed by atoms with van der Waals surface area (Å²) in [7, 11) is 0. The molecule has 0 saturated carbocycles. The van der Waals surface area contributed by atoms with E-state index in [1.165, 1.54) is 86.1 Å². The standard InChI is InChI=1S/C19H29NS2/c1-2-3-4-5-6-7-8-9-10-11-12-17-13-15-21-18(17)19-20-14-16-22-19/h13-16H,2-12H2,1H3. The normalized spacial score (nSPS) is 11.1. The van der Waals surface area contributed by atoms with E-state index in [-0.39, 0.29) is 0 Å². The molecular weight excluding hydrogens is 306 g/mol. The van der Waals surface area contributed by atoms with E-state index >= 15 is 0 Å². The van der Waals surface area contributed by atoms with Crippen molar-refractivity contribution in [2.24, 2.45) is 0 Å². The van der Waals surface area contributed by atoms with Gasteiger partial charge in [0.05, 0.1) is 4.88 Å². The number of thiazole rings is 1. The molecular formula is C19H29NS2. The summed E-state index contributed by atoms with van der Waals surface area (Å²) in [6.45, 7) is 2.29. The van der Waals surface area contributed by atoms with E-state index < -0.39 is 0 Å². The van der Waals surface area contributed by atoms with E-state index in [9.17, 15) is 0 Å². The third kappa shape index (κ3) is 6.21. The van der Waals surface area contributed by atoms with E-state index in [1.54, 1.807) is 11.3 Å². The Labute approximate surface area is 143 Å². The van der Waals surface area contributed by atoms with Crippen molar-refractivity contribution >= 4 is 22.7 Å². The Morgan fingerprint density at radius 1 is 0.818 bits per heavy atom. The third-order valence-corrected chi connectivity index (χ3v) is 6.06. The minimum Gasteiger partial charge on any atom is -0.244 e. The second-order valence-electron chi connectivity index (χ2n) is 6.04. The average Bonchev–Trinajstić information content (AvgIpc) is 3.19. The molecule has 2 rings (SSSR count). The van der Waals surface area contributed by atoms with E-state index in [2.05, 4.69) is 28.7 Å². The van der Waals surface area contributed by atoms with E-state index in [0.717, 1.165) is 0 Å². The molecule has 0 saturated heterocycles. The molecule has 2 aromatic heterocycles. The zero-order chi connectivity index (χ0) is 15.5. The minimum atomic E-state index is 1.19. The topological polar surface area (TPSA) is 12.9 Å². The van der Waals surface area contributed by atoms with Gasteiger partial charge in [-0.25, -0.2) is 4.98 Å². The zero-order valence-electron chi connectivity index (χ0n) is 13.9. The number of nitrogens with zero attached hydrogens (tertiary/aromatic N) is 1. The molecule has 122 valence electrons. The second kappa shape index (κ2) is 11.0. The molecule has 2 aromatic rings. The van der Waals surface area contributed by atoms with Crippen molar-refractivity contribution in [3.8, 4) is 9.88 Å². The monoisotopic (exact) mass is 335 g/mol. The van der Waals surface area contributed by atoms with Gasteiger partial charge in [0, 0.05) is 11.6 Å². The van der Waals surface area contributed by atoms with Crippen LogP contribution >= 0.6 is 22.7 Å². The summed E-state index contributed by atoms with van der Waals surface area (Å²) in [5, 5.41) is 5.47. The zero-order valence-corrected chi connectivity index (χ0v) is 15.5. The van der Waals surface area contributed by atoms with Crippen LogP contribution in [0.25, 0.3) is 9.88 Å². The predicted octanol–water partition coefficient (Wildman–Crippen LogP) is 7.34. The molecule has 0 unspecified atom stereocenters. The predicted molar refractivity (Wildman–Crippen MR) is 101 cm³/mol. The molecule has 1 nitrogen and oxygen atoms in total. The lowest BCUT2D eigenvalue weighted by molar-refractivity contribution is 0.556. The van der Waals surface area contributed by atoms with E-state index in [1.807, 2.05) is 17.5 Å². The fraction of sp³-hybridized carbons (Fsp3) is 0.632. The van der Waals surface area contributed by atoms with Crippen LogP contribution in [0.3, 0.4) is 0 Å². The molecule has 0 fully saturated rings. The van der Waals surface area contributed by atoms with Crippen LogP contribution in [0.1, 0.15) is 76.7 Å². The molecule has 3 heteroatoms. The molecule has 0 aromatic carbocycles. The van der Waals surface area contributed by atoms with Crippen LogP contribution in [0, 0.1) is 0 Å². The maximum atomic E-state index is 4.45. The summed E-state index contributed by atoms with van der Waals surface area (Å²) in [5.74, 6) is 0. The third-order valence-electron chi connectivity index (χ3n) is 4.17. The van der Waals surface area contributed by atoms with Gasteiger partial charge in [0.15, 0.2) is 0 Å². The van der Waals surface area contributed by atoms with Crippen molar-refractivity contribution in [1.82, 2.24) is 4.98 Å². The van der Waals surface area contributed by atoms with Gasteiger partial charge < -0.3 is 0 Å². The van der Waals surface area contributed by atoms with Crippen LogP contribution in [0.5, 0.6) is 0 Å². The van der Waals surface area contributed by atoms with E-state index in [4.69, 9.17) is 0 Å². The van der Waals surface area contributed by atoms with Gasteiger partial charge in [-0.3, -0.25) is 0 Å². The van der Waals surface area contributed by atoms with Crippen LogP contribution < -0.4 is 0 Å². The Kier molecular flexibility index (Phi) is 8.81. The van der Waals surface area contributed by atoms with Crippen molar-refractivity contribution in [3.05, 3.63) is 28.6 Å². The maximum Gasteiger partial charge on any atom is 0.133 e. The molecule has 0 aliphatic carbocycles. The highest BCUT2D eigenvalue weighted by Gasteiger charge is 2.08. The Morgan fingerprint density at radius 3 is 2.14 bits per heavy atom. The molecule has 0 aliphatic heterocycles. The number of thiophene rings is 1. The molecule has 2 heterocycles. The summed E-state index contributed by atoms with van der Waals surface area (Å²) in [5.41, 5.74) is 1.50. The Balaban J connectivity index is 1.54. The minimum absolute atomic E-state index is 1.19. The first kappa shape index (κ1) is 17.7. The van der Waals surface area contributed by atoms with Gasteiger partial charge in [0.1, 0.15) is 5.01 Å². The van der Waals surface area contributed by atoms with Crippen molar-refractivity contribution in [1.29, 1.82) is 0 Å². The highest BCUT2D eigenvalue weighted by Crippen LogP contribution is 2.32. The number of unbranched alkanes of at least 4 members (excludes halogenated alkanes) is 9. The molecule has 0 aliphatic rings. The molecule has 22 heavy (non-hydrogen) atoms. The van der Waals surface area contributed by atoms with Crippen LogP contribution in [-0.2, 0) is 6.42 Å². The fourth-order valence-electron chi connectivity index (χ4n) is 2.86. The number of aromatic nitrogens is 1. The highest BCUT2D eigenvalue weighted by molar-refractivity contribution is 7.20. The van der Waals surface area contributed by atoms with Crippen molar-refractivity contribution in [2.45, 2.75) is 77.6 Å². The van der Waals surface area contributed by atoms with Crippen molar-refractivity contribution in [3.63, 3.8) is 0 Å². The maximum absolute atomic E-state index is 4.45. The summed E-state index contributed by atoms with van der Waals surface area (Å²) >= 11 is 3.59. The van der Waals surface area contributed by atoms with Gasteiger partial charge in [0.2, 0.25) is 0 Å². The second-order valence-corrected chi connectivity index (χ2v) is 7.85. The fourth-order valence-corrected chi connectivity index (χ4v) is 4.60. The van der Waals surface area contributed by atoms with Crippen LogP contribution in [0.4, 0.5) is 0 Å². The van der Waals surface area contributed by atoms with Gasteiger partial charge in [0.25, 0.3) is 0 Å². The summed E-state index contributed by atoms with van der Waals surface area (Å²) in [6.07, 6.45) is 17.2. The quantitative estimate of drug-likeness (QED) is 0.370.